The van der Waals surface area contributed by atoms with Crippen LogP contribution in [0.2, 0.25) is 0 Å². The summed E-state index contributed by atoms with van der Waals surface area (Å²) < 4.78 is 17.9. The molecule has 9 nitrogen and oxygen atoms in total. The Labute approximate surface area is 199 Å². The molecule has 4 fully saturated rings. The van der Waals surface area contributed by atoms with Gasteiger partial charge in [-0.1, -0.05) is 39.3 Å². The average molecular weight is 481 g/mol. The van der Waals surface area contributed by atoms with Crippen LogP contribution >= 0.6 is 0 Å². The predicted octanol–water partition coefficient (Wildman–Crippen LogP) is 0.321. The molecule has 4 N–H and O–H groups in total. The third-order valence-electron chi connectivity index (χ3n) is 9.52. The van der Waals surface area contributed by atoms with Gasteiger partial charge in [-0.15, -0.1) is 0 Å². The SMILES string of the molecule is CC1=C[C@H](O)[C@@H](O)[C@]2(C)[C@@H]3C45OC[C@]3(O)[C@H](O)[C@H](C)[C@@H]4[C@@H](OC(=O)CC(C)C)C(=O)O[C@@H]5C[C@@H]12. The van der Waals surface area contributed by atoms with Crippen LogP contribution in [0.4, 0.5) is 0 Å². The lowest BCUT2D eigenvalue weighted by atomic mass is 9.40. The van der Waals surface area contributed by atoms with Crippen molar-refractivity contribution in [3.8, 4) is 0 Å². The molecule has 34 heavy (non-hydrogen) atoms. The highest BCUT2D eigenvalue weighted by Crippen LogP contribution is 2.71. The molecule has 0 amide bonds. The van der Waals surface area contributed by atoms with Crippen LogP contribution in [0.15, 0.2) is 11.6 Å². The van der Waals surface area contributed by atoms with Crippen molar-refractivity contribution in [2.45, 2.75) is 89.2 Å². The van der Waals surface area contributed by atoms with E-state index in [4.69, 9.17) is 14.2 Å². The van der Waals surface area contributed by atoms with Crippen LogP contribution < -0.4 is 0 Å². The van der Waals surface area contributed by atoms with Gasteiger partial charge in [0.15, 0.2) is 0 Å². The average Bonchev–Trinajstić information content (AvgIpc) is 3.03. The number of esters is 2. The second kappa shape index (κ2) is 7.49. The fourth-order valence-electron chi connectivity index (χ4n) is 8.33. The molecule has 12 atom stereocenters. The maximum atomic E-state index is 13.2. The highest BCUT2D eigenvalue weighted by molar-refractivity contribution is 5.81. The molecule has 5 aliphatic rings. The molecule has 2 saturated carbocycles. The first-order valence-electron chi connectivity index (χ1n) is 12.3. The Hall–Kier alpha value is -1.52. The van der Waals surface area contributed by atoms with Crippen LogP contribution in [0.3, 0.4) is 0 Å². The molecule has 0 radical (unpaired) electrons. The molecule has 2 saturated heterocycles. The zero-order valence-corrected chi connectivity index (χ0v) is 20.3. The number of aliphatic hydroxyl groups excluding tert-OH is 3. The fraction of sp³-hybridized carbons (Fsp3) is 0.840. The van der Waals surface area contributed by atoms with Crippen molar-refractivity contribution < 1.29 is 44.2 Å². The molecule has 2 bridgehead atoms. The molecule has 1 spiro atoms. The Kier molecular flexibility index (Phi) is 5.33. The summed E-state index contributed by atoms with van der Waals surface area (Å²) in [5.41, 5.74) is -3.29. The highest BCUT2D eigenvalue weighted by atomic mass is 16.6. The second-order valence-corrected chi connectivity index (χ2v) is 11.8. The van der Waals surface area contributed by atoms with Crippen LogP contribution in [-0.4, -0.2) is 80.7 Å². The minimum atomic E-state index is -1.74. The number of ether oxygens (including phenoxy) is 3. The van der Waals surface area contributed by atoms with Gasteiger partial charge in [0.05, 0.1) is 24.9 Å². The van der Waals surface area contributed by atoms with Crippen molar-refractivity contribution in [3.05, 3.63) is 11.6 Å². The van der Waals surface area contributed by atoms with Gasteiger partial charge in [-0.3, -0.25) is 4.79 Å². The number of hydrogen-bond acceptors (Lipinski definition) is 9. The van der Waals surface area contributed by atoms with Crippen molar-refractivity contribution >= 4 is 11.9 Å². The predicted molar refractivity (Wildman–Crippen MR) is 117 cm³/mol. The van der Waals surface area contributed by atoms with Gasteiger partial charge in [-0.2, -0.15) is 0 Å². The summed E-state index contributed by atoms with van der Waals surface area (Å²) in [6.07, 6.45) is -3.72. The number of aliphatic hydroxyl groups is 4. The number of fused-ring (bicyclic) bond motifs is 1. The van der Waals surface area contributed by atoms with E-state index in [2.05, 4.69) is 0 Å². The first kappa shape index (κ1) is 24.2. The third kappa shape index (κ3) is 2.79. The molecule has 2 aliphatic heterocycles. The molecule has 190 valence electrons. The number of rotatable bonds is 3. The van der Waals surface area contributed by atoms with Gasteiger partial charge < -0.3 is 34.6 Å². The molecule has 0 aromatic carbocycles. The number of carbonyl (C=O) groups is 2. The molecule has 0 aromatic rings. The van der Waals surface area contributed by atoms with E-state index in [-0.39, 0.29) is 24.9 Å². The van der Waals surface area contributed by atoms with Gasteiger partial charge >= 0.3 is 11.9 Å². The Balaban J connectivity index is 1.67. The quantitative estimate of drug-likeness (QED) is 0.332. The smallest absolute Gasteiger partial charge is 0.348 e. The van der Waals surface area contributed by atoms with E-state index < -0.39 is 76.8 Å². The molecule has 5 rings (SSSR count). The van der Waals surface area contributed by atoms with Crippen molar-refractivity contribution in [1.29, 1.82) is 0 Å². The molecule has 2 heterocycles. The minimum Gasteiger partial charge on any atom is -0.456 e. The largest absolute Gasteiger partial charge is 0.456 e. The molecule has 9 heteroatoms. The molecule has 0 aromatic heterocycles. The Morgan fingerprint density at radius 2 is 1.94 bits per heavy atom. The Morgan fingerprint density at radius 1 is 1.26 bits per heavy atom. The number of hydrogen-bond donors (Lipinski definition) is 4. The molecule has 1 unspecified atom stereocenters. The Morgan fingerprint density at radius 3 is 2.59 bits per heavy atom. The maximum absolute atomic E-state index is 13.2. The van der Waals surface area contributed by atoms with Crippen molar-refractivity contribution in [2.75, 3.05) is 6.61 Å². The first-order valence-corrected chi connectivity index (χ1v) is 12.3. The zero-order valence-electron chi connectivity index (χ0n) is 20.3. The molecular formula is C25H36O9. The monoisotopic (exact) mass is 480 g/mol. The summed E-state index contributed by atoms with van der Waals surface area (Å²) in [4.78, 5) is 25.8. The van der Waals surface area contributed by atoms with Gasteiger partial charge in [-0.25, -0.2) is 4.79 Å². The lowest BCUT2D eigenvalue weighted by molar-refractivity contribution is -0.318. The lowest BCUT2D eigenvalue weighted by Crippen LogP contribution is -2.81. The lowest BCUT2D eigenvalue weighted by Gasteiger charge is -2.68. The van der Waals surface area contributed by atoms with Gasteiger partial charge in [0.25, 0.3) is 0 Å². The summed E-state index contributed by atoms with van der Waals surface area (Å²) in [6, 6.07) is 0. The maximum Gasteiger partial charge on any atom is 0.348 e. The molecule has 3 aliphatic carbocycles. The fourth-order valence-corrected chi connectivity index (χ4v) is 8.33. The van der Waals surface area contributed by atoms with Crippen LogP contribution in [-0.2, 0) is 23.8 Å². The van der Waals surface area contributed by atoms with Gasteiger partial charge in [-0.05, 0) is 31.1 Å². The normalized spacial score (nSPS) is 53.5. The summed E-state index contributed by atoms with van der Waals surface area (Å²) in [5.74, 6) is -3.84. The van der Waals surface area contributed by atoms with Crippen LogP contribution in [0, 0.1) is 35.0 Å². The van der Waals surface area contributed by atoms with Crippen molar-refractivity contribution in [3.63, 3.8) is 0 Å². The van der Waals surface area contributed by atoms with Gasteiger partial charge in [0.1, 0.15) is 17.3 Å². The van der Waals surface area contributed by atoms with Crippen LogP contribution in [0.1, 0.15) is 47.5 Å². The summed E-state index contributed by atoms with van der Waals surface area (Å²) >= 11 is 0. The topological polar surface area (TPSA) is 143 Å². The minimum absolute atomic E-state index is 0.0240. The van der Waals surface area contributed by atoms with Gasteiger partial charge in [0, 0.05) is 23.7 Å². The van der Waals surface area contributed by atoms with Crippen LogP contribution in [0.25, 0.3) is 0 Å². The van der Waals surface area contributed by atoms with Crippen molar-refractivity contribution in [1.82, 2.24) is 0 Å². The highest BCUT2D eigenvalue weighted by Gasteiger charge is 2.83. The van der Waals surface area contributed by atoms with Crippen molar-refractivity contribution in [2.24, 2.45) is 35.0 Å². The standard InChI is InChI=1S/C25H36O9/c1-10(2)6-16(27)34-18-17-12(4)19(28)24(31)9-32-25(17)15(33-21(18)30)8-13-11(3)7-14(26)20(29)23(13,5)22(24)25/h7,10,12-15,17-20,22,26,28-29,31H,6,8-9H2,1-5H3/t12-,13+,14+,15-,17-,18-,19-,20-,22+,23-,24+,25?/m1/s1. The van der Waals surface area contributed by atoms with E-state index in [1.807, 2.05) is 20.8 Å². The molecular weight excluding hydrogens is 444 g/mol. The van der Waals surface area contributed by atoms with E-state index in [1.165, 1.54) is 0 Å². The zero-order chi connectivity index (χ0) is 25.0. The first-order chi connectivity index (χ1) is 15.8. The Bertz CT molecular complexity index is 931. The van der Waals surface area contributed by atoms with E-state index in [0.29, 0.717) is 6.42 Å². The van der Waals surface area contributed by atoms with E-state index >= 15 is 0 Å². The third-order valence-corrected chi connectivity index (χ3v) is 9.52. The van der Waals surface area contributed by atoms with E-state index in [0.717, 1.165) is 5.57 Å². The van der Waals surface area contributed by atoms with Gasteiger partial charge in [0.2, 0.25) is 6.10 Å². The summed E-state index contributed by atoms with van der Waals surface area (Å²) in [6.45, 7) is 8.90. The summed E-state index contributed by atoms with van der Waals surface area (Å²) in [7, 11) is 0. The number of allylic oxidation sites excluding steroid dienone is 1. The summed E-state index contributed by atoms with van der Waals surface area (Å²) in [5, 5.41) is 45.3. The van der Waals surface area contributed by atoms with E-state index in [9.17, 15) is 30.0 Å². The van der Waals surface area contributed by atoms with E-state index in [1.54, 1.807) is 19.9 Å². The van der Waals surface area contributed by atoms with Crippen LogP contribution in [0.5, 0.6) is 0 Å². The second-order valence-electron chi connectivity index (χ2n) is 11.8. The number of carbonyl (C=O) groups excluding carboxylic acids is 2.